The second-order valence-corrected chi connectivity index (χ2v) is 11.3. The van der Waals surface area contributed by atoms with E-state index >= 15 is 0 Å². The van der Waals surface area contributed by atoms with Gasteiger partial charge in [0, 0.05) is 21.3 Å². The van der Waals surface area contributed by atoms with E-state index in [0.29, 0.717) is 32.9 Å². The van der Waals surface area contributed by atoms with Gasteiger partial charge in [0.1, 0.15) is 12.6 Å². The van der Waals surface area contributed by atoms with Crippen LogP contribution in [0, 0.1) is 13.8 Å². The molecule has 1 heterocycles. The van der Waals surface area contributed by atoms with Crippen molar-refractivity contribution in [2.24, 2.45) is 0 Å². The zero-order valence-electron chi connectivity index (χ0n) is 22.6. The van der Waals surface area contributed by atoms with Gasteiger partial charge in [0.25, 0.3) is 11.8 Å². The average Bonchev–Trinajstić information content (AvgIpc) is 3.01. The van der Waals surface area contributed by atoms with Crippen LogP contribution in [0.2, 0.25) is 10.0 Å². The fraction of sp³-hybridized carbons (Fsp3) is 0.219. The number of fused-ring (bicyclic) bond motifs is 2. The summed E-state index contributed by atoms with van der Waals surface area (Å²) in [5, 5.41) is 6.71. The van der Waals surface area contributed by atoms with E-state index in [1.54, 1.807) is 36.4 Å². The molecular formula is C32H29Cl2N3O3. The Labute approximate surface area is 243 Å². The van der Waals surface area contributed by atoms with Gasteiger partial charge in [-0.1, -0.05) is 67.4 Å². The molecule has 2 aromatic carbocycles. The van der Waals surface area contributed by atoms with Crippen molar-refractivity contribution in [1.29, 1.82) is 0 Å². The number of benzene rings is 2. The fourth-order valence-electron chi connectivity index (χ4n) is 5.20. The molecule has 5 rings (SSSR count). The molecule has 3 amide bonds. The lowest BCUT2D eigenvalue weighted by molar-refractivity contribution is -0.122. The standard InChI is InChI=1S/C32H29Cl2N3O3/c1-17(2)21-6-5-18(3)29-25(14-21)19(4)13-27(29)36-31(39)30(20-7-9-22(33)10-8-20)37-16-28(38)35-26-15-23(34)11-12-24(26)32(37)40/h5-15,17,30H,16H2,1-4H3,(H,35,38)(H,36,39). The normalized spacial score (nSPS) is 14.1. The summed E-state index contributed by atoms with van der Waals surface area (Å²) in [7, 11) is 0. The lowest BCUT2D eigenvalue weighted by Crippen LogP contribution is -2.43. The number of hydrogen-bond acceptors (Lipinski definition) is 3. The summed E-state index contributed by atoms with van der Waals surface area (Å²) in [5.41, 5.74) is 6.98. The molecule has 1 atom stereocenters. The Kier molecular flexibility index (Phi) is 7.58. The van der Waals surface area contributed by atoms with Gasteiger partial charge in [0.2, 0.25) is 5.91 Å². The van der Waals surface area contributed by atoms with E-state index in [2.05, 4.69) is 42.7 Å². The summed E-state index contributed by atoms with van der Waals surface area (Å²) in [5.74, 6) is -0.995. The van der Waals surface area contributed by atoms with Crippen molar-refractivity contribution in [2.45, 2.75) is 39.7 Å². The van der Waals surface area contributed by atoms with Crippen LogP contribution < -0.4 is 10.6 Å². The number of carbonyl (C=O) groups is 3. The molecule has 0 spiro atoms. The van der Waals surface area contributed by atoms with Crippen molar-refractivity contribution in [2.75, 3.05) is 17.2 Å². The molecule has 40 heavy (non-hydrogen) atoms. The third-order valence-electron chi connectivity index (χ3n) is 7.29. The largest absolute Gasteiger partial charge is 0.324 e. The van der Waals surface area contributed by atoms with E-state index in [0.717, 1.165) is 22.3 Å². The first kappa shape index (κ1) is 27.7. The van der Waals surface area contributed by atoms with Crippen LogP contribution in [0.5, 0.6) is 0 Å². The molecular weight excluding hydrogens is 545 g/mol. The number of nitrogens with one attached hydrogen (secondary N) is 2. The minimum absolute atomic E-state index is 0.251. The molecule has 3 aliphatic rings. The minimum atomic E-state index is -1.11. The van der Waals surface area contributed by atoms with E-state index in [1.807, 2.05) is 19.9 Å². The van der Waals surface area contributed by atoms with Gasteiger partial charge in [-0.3, -0.25) is 14.4 Å². The van der Waals surface area contributed by atoms with E-state index in [4.69, 9.17) is 23.2 Å². The molecule has 0 aromatic heterocycles. The summed E-state index contributed by atoms with van der Waals surface area (Å²) in [4.78, 5) is 42.2. The van der Waals surface area contributed by atoms with Crippen LogP contribution in [-0.4, -0.2) is 29.2 Å². The topological polar surface area (TPSA) is 78.5 Å². The maximum Gasteiger partial charge on any atom is 0.257 e. The molecule has 8 heteroatoms. The van der Waals surface area contributed by atoms with Crippen LogP contribution >= 0.6 is 23.2 Å². The maximum atomic E-state index is 14.2. The molecule has 2 N–H and O–H groups in total. The molecule has 2 aromatic rings. The van der Waals surface area contributed by atoms with Gasteiger partial charge in [-0.25, -0.2) is 0 Å². The average molecular weight is 575 g/mol. The molecule has 1 aliphatic heterocycles. The predicted molar refractivity (Wildman–Crippen MR) is 161 cm³/mol. The highest BCUT2D eigenvalue weighted by atomic mass is 35.5. The first-order valence-electron chi connectivity index (χ1n) is 13.0. The molecule has 0 fully saturated rings. The van der Waals surface area contributed by atoms with Gasteiger partial charge in [-0.15, -0.1) is 0 Å². The van der Waals surface area contributed by atoms with E-state index in [9.17, 15) is 14.4 Å². The van der Waals surface area contributed by atoms with Crippen LogP contribution in [0.15, 0.2) is 66.7 Å². The Hall–Kier alpha value is -3.87. The Bertz CT molecular complexity index is 1610. The molecule has 2 aliphatic carbocycles. The smallest absolute Gasteiger partial charge is 0.257 e. The van der Waals surface area contributed by atoms with E-state index in [-0.39, 0.29) is 12.1 Å². The van der Waals surface area contributed by atoms with Crippen molar-refractivity contribution in [3.8, 4) is 11.1 Å². The van der Waals surface area contributed by atoms with Crippen molar-refractivity contribution in [1.82, 2.24) is 4.90 Å². The molecule has 1 unspecified atom stereocenters. The SMILES string of the molecule is Cc1cc(NC(=O)C(c2ccc(Cl)cc2)N2CC(=O)Nc3cc(Cl)ccc3C2=O)c2c(C)ccc(C(C)C)cc1-2. The summed E-state index contributed by atoms with van der Waals surface area (Å²) in [6.45, 7) is 8.01. The summed E-state index contributed by atoms with van der Waals surface area (Å²) < 4.78 is 0. The Morgan fingerprint density at radius 2 is 1.52 bits per heavy atom. The second kappa shape index (κ2) is 11.0. The molecule has 0 saturated heterocycles. The van der Waals surface area contributed by atoms with Crippen molar-refractivity contribution < 1.29 is 14.4 Å². The Balaban J connectivity index is 1.59. The minimum Gasteiger partial charge on any atom is -0.324 e. The zero-order valence-corrected chi connectivity index (χ0v) is 24.2. The zero-order chi connectivity index (χ0) is 28.7. The number of anilines is 2. The highest BCUT2D eigenvalue weighted by Gasteiger charge is 2.37. The number of halogens is 2. The monoisotopic (exact) mass is 573 g/mol. The third kappa shape index (κ3) is 5.29. The summed E-state index contributed by atoms with van der Waals surface area (Å²) in [6, 6.07) is 18.6. The van der Waals surface area contributed by atoms with Crippen LogP contribution in [-0.2, 0) is 9.59 Å². The van der Waals surface area contributed by atoms with Gasteiger partial charge < -0.3 is 15.5 Å². The lowest BCUT2D eigenvalue weighted by Gasteiger charge is -2.29. The van der Waals surface area contributed by atoms with E-state index in [1.165, 1.54) is 16.5 Å². The number of hydrogen-bond donors (Lipinski definition) is 2. The Morgan fingerprint density at radius 3 is 2.23 bits per heavy atom. The highest BCUT2D eigenvalue weighted by Crippen LogP contribution is 2.40. The van der Waals surface area contributed by atoms with Gasteiger partial charge in [0.15, 0.2) is 0 Å². The van der Waals surface area contributed by atoms with Crippen LogP contribution in [0.25, 0.3) is 11.1 Å². The number of amides is 3. The van der Waals surface area contributed by atoms with Gasteiger partial charge >= 0.3 is 0 Å². The summed E-state index contributed by atoms with van der Waals surface area (Å²) >= 11 is 12.3. The molecule has 6 nitrogen and oxygen atoms in total. The lowest BCUT2D eigenvalue weighted by atomic mass is 10.0. The number of carbonyl (C=O) groups excluding carboxylic acids is 3. The van der Waals surface area contributed by atoms with Crippen molar-refractivity contribution in [3.05, 3.63) is 105 Å². The van der Waals surface area contributed by atoms with Crippen LogP contribution in [0.3, 0.4) is 0 Å². The van der Waals surface area contributed by atoms with Crippen LogP contribution in [0.1, 0.15) is 58.4 Å². The van der Waals surface area contributed by atoms with Crippen LogP contribution in [0.4, 0.5) is 11.4 Å². The first-order chi connectivity index (χ1) is 19.0. The predicted octanol–water partition coefficient (Wildman–Crippen LogP) is 7.61. The number of aryl methyl sites for hydroxylation is 2. The third-order valence-corrected chi connectivity index (χ3v) is 7.77. The van der Waals surface area contributed by atoms with Gasteiger partial charge in [-0.2, -0.15) is 0 Å². The molecule has 204 valence electrons. The number of nitrogens with zero attached hydrogens (tertiary/aromatic N) is 1. The van der Waals surface area contributed by atoms with Crippen molar-refractivity contribution >= 4 is 52.3 Å². The van der Waals surface area contributed by atoms with E-state index < -0.39 is 23.8 Å². The number of rotatable bonds is 5. The highest BCUT2D eigenvalue weighted by molar-refractivity contribution is 6.31. The molecule has 0 saturated carbocycles. The molecule has 0 radical (unpaired) electrons. The Morgan fingerprint density at radius 1 is 0.850 bits per heavy atom. The van der Waals surface area contributed by atoms with Crippen molar-refractivity contribution in [3.63, 3.8) is 0 Å². The second-order valence-electron chi connectivity index (χ2n) is 10.5. The quantitative estimate of drug-likeness (QED) is 0.258. The van der Waals surface area contributed by atoms with Gasteiger partial charge in [-0.05, 0) is 84.0 Å². The maximum absolute atomic E-state index is 14.2. The molecule has 0 bridgehead atoms. The fourth-order valence-corrected chi connectivity index (χ4v) is 5.50. The summed E-state index contributed by atoms with van der Waals surface area (Å²) in [6.07, 6.45) is 0. The van der Waals surface area contributed by atoms with Gasteiger partial charge in [0.05, 0.1) is 11.3 Å². The first-order valence-corrected chi connectivity index (χ1v) is 13.8.